The molecule has 1 saturated carbocycles. The van der Waals surface area contributed by atoms with Gasteiger partial charge < -0.3 is 5.32 Å². The van der Waals surface area contributed by atoms with Crippen LogP contribution in [0.25, 0.3) is 0 Å². The molecule has 2 rings (SSSR count). The molecule has 1 aromatic carbocycles. The van der Waals surface area contributed by atoms with Gasteiger partial charge in [0.15, 0.2) is 0 Å². The molecule has 82 valence electrons. The fraction of sp³-hybridized carbons (Fsp3) is 0.500. The molecule has 0 aliphatic heterocycles. The minimum Gasteiger partial charge on any atom is -0.307 e. The molecular weight excluding hydrogens is 213 g/mol. The summed E-state index contributed by atoms with van der Waals surface area (Å²) < 4.78 is 13.1. The van der Waals surface area contributed by atoms with Gasteiger partial charge in [-0.25, -0.2) is 4.39 Å². The van der Waals surface area contributed by atoms with Crippen molar-refractivity contribution in [1.29, 1.82) is 0 Å². The number of hydrogen-bond donors (Lipinski definition) is 1. The predicted molar refractivity (Wildman–Crippen MR) is 60.5 cm³/mol. The number of hydrogen-bond acceptors (Lipinski definition) is 1. The number of benzene rings is 1. The Kier molecular flexibility index (Phi) is 2.98. The molecule has 1 nitrogen and oxygen atoms in total. The van der Waals surface area contributed by atoms with Crippen LogP contribution in [0.15, 0.2) is 18.2 Å². The molecule has 0 atom stereocenters. The maximum atomic E-state index is 13.1. The molecule has 0 saturated heterocycles. The van der Waals surface area contributed by atoms with E-state index in [9.17, 15) is 4.39 Å². The lowest BCUT2D eigenvalue weighted by atomic mass is 9.78. The first-order valence-electron chi connectivity index (χ1n) is 5.28. The summed E-state index contributed by atoms with van der Waals surface area (Å²) >= 11 is 5.61. The van der Waals surface area contributed by atoms with Crippen molar-refractivity contribution < 1.29 is 4.39 Å². The fourth-order valence-corrected chi connectivity index (χ4v) is 1.97. The molecule has 1 aliphatic carbocycles. The molecule has 0 heterocycles. The quantitative estimate of drug-likeness (QED) is 0.833. The van der Waals surface area contributed by atoms with Gasteiger partial charge in [0, 0.05) is 12.1 Å². The molecule has 0 amide bonds. The van der Waals surface area contributed by atoms with Gasteiger partial charge >= 0.3 is 0 Å². The zero-order valence-corrected chi connectivity index (χ0v) is 9.57. The van der Waals surface area contributed by atoms with Crippen LogP contribution in [0.1, 0.15) is 31.7 Å². The molecule has 0 unspecified atom stereocenters. The molecule has 0 bridgehead atoms. The van der Waals surface area contributed by atoms with Crippen LogP contribution in [-0.2, 0) is 6.54 Å². The minimum atomic E-state index is -0.338. The topological polar surface area (TPSA) is 12.0 Å². The molecule has 1 aromatic rings. The van der Waals surface area contributed by atoms with Crippen LogP contribution >= 0.6 is 11.6 Å². The molecular formula is C12H15ClFN. The first kappa shape index (κ1) is 10.9. The summed E-state index contributed by atoms with van der Waals surface area (Å²) in [7, 11) is 0. The van der Waals surface area contributed by atoms with Crippen LogP contribution in [0.5, 0.6) is 0 Å². The Morgan fingerprint density at radius 1 is 1.47 bits per heavy atom. The van der Waals surface area contributed by atoms with Gasteiger partial charge in [0.05, 0.1) is 5.02 Å². The highest BCUT2D eigenvalue weighted by Gasteiger charge is 2.30. The second-order valence-corrected chi connectivity index (χ2v) is 4.92. The summed E-state index contributed by atoms with van der Waals surface area (Å²) in [4.78, 5) is 0. The van der Waals surface area contributed by atoms with E-state index in [4.69, 9.17) is 11.6 Å². The maximum Gasteiger partial charge on any atom is 0.142 e. The summed E-state index contributed by atoms with van der Waals surface area (Å²) in [6, 6.07) is 4.97. The first-order chi connectivity index (χ1) is 7.09. The predicted octanol–water partition coefficient (Wildman–Crippen LogP) is 3.51. The molecule has 1 N–H and O–H groups in total. The van der Waals surface area contributed by atoms with Crippen molar-refractivity contribution in [2.24, 2.45) is 0 Å². The Morgan fingerprint density at radius 3 is 2.73 bits per heavy atom. The SMILES string of the molecule is CC1(NCc2ccc(Cl)c(F)c2)CCC1. The summed E-state index contributed by atoms with van der Waals surface area (Å²) in [6.45, 7) is 2.92. The average molecular weight is 228 g/mol. The number of rotatable bonds is 3. The van der Waals surface area contributed by atoms with E-state index in [-0.39, 0.29) is 16.4 Å². The Bertz CT molecular complexity index is 361. The van der Waals surface area contributed by atoms with E-state index in [1.165, 1.54) is 25.3 Å². The second kappa shape index (κ2) is 4.11. The Morgan fingerprint density at radius 2 is 2.20 bits per heavy atom. The van der Waals surface area contributed by atoms with Crippen LogP contribution in [0.2, 0.25) is 5.02 Å². The van der Waals surface area contributed by atoms with Crippen LogP contribution in [-0.4, -0.2) is 5.54 Å². The van der Waals surface area contributed by atoms with E-state index in [0.717, 1.165) is 5.56 Å². The van der Waals surface area contributed by atoms with E-state index in [2.05, 4.69) is 12.2 Å². The van der Waals surface area contributed by atoms with Crippen LogP contribution in [0, 0.1) is 5.82 Å². The van der Waals surface area contributed by atoms with Crippen LogP contribution in [0.3, 0.4) is 0 Å². The highest BCUT2D eigenvalue weighted by molar-refractivity contribution is 6.30. The van der Waals surface area contributed by atoms with Gasteiger partial charge in [-0.15, -0.1) is 0 Å². The molecule has 3 heteroatoms. The second-order valence-electron chi connectivity index (χ2n) is 4.52. The van der Waals surface area contributed by atoms with Gasteiger partial charge in [-0.3, -0.25) is 0 Å². The number of nitrogens with one attached hydrogen (secondary N) is 1. The lowest BCUT2D eigenvalue weighted by Gasteiger charge is -2.39. The highest BCUT2D eigenvalue weighted by atomic mass is 35.5. The third-order valence-electron chi connectivity index (χ3n) is 3.16. The summed E-state index contributed by atoms with van der Waals surface area (Å²) in [5, 5.41) is 3.64. The molecule has 15 heavy (non-hydrogen) atoms. The monoisotopic (exact) mass is 227 g/mol. The van der Waals surface area contributed by atoms with Gasteiger partial charge in [-0.2, -0.15) is 0 Å². The van der Waals surface area contributed by atoms with Crippen molar-refractivity contribution in [2.75, 3.05) is 0 Å². The smallest absolute Gasteiger partial charge is 0.142 e. The van der Waals surface area contributed by atoms with E-state index >= 15 is 0 Å². The molecule has 1 aliphatic rings. The van der Waals surface area contributed by atoms with Gasteiger partial charge in [0.2, 0.25) is 0 Å². The van der Waals surface area contributed by atoms with Crippen molar-refractivity contribution in [3.63, 3.8) is 0 Å². The van der Waals surface area contributed by atoms with Crippen molar-refractivity contribution in [2.45, 2.75) is 38.3 Å². The molecule has 0 radical (unpaired) electrons. The van der Waals surface area contributed by atoms with Crippen molar-refractivity contribution in [1.82, 2.24) is 5.32 Å². The number of halogens is 2. The molecule has 1 fully saturated rings. The van der Waals surface area contributed by atoms with E-state index < -0.39 is 0 Å². The Balaban J connectivity index is 1.96. The third kappa shape index (κ3) is 2.50. The van der Waals surface area contributed by atoms with E-state index in [1.807, 2.05) is 6.07 Å². The van der Waals surface area contributed by atoms with E-state index in [0.29, 0.717) is 6.54 Å². The minimum absolute atomic E-state index is 0.189. The van der Waals surface area contributed by atoms with Crippen molar-refractivity contribution >= 4 is 11.6 Å². The lowest BCUT2D eigenvalue weighted by molar-refractivity contribution is 0.207. The summed E-state index contributed by atoms with van der Waals surface area (Å²) in [6.07, 6.45) is 3.71. The van der Waals surface area contributed by atoms with Crippen LogP contribution < -0.4 is 5.32 Å². The van der Waals surface area contributed by atoms with Crippen molar-refractivity contribution in [3.05, 3.63) is 34.6 Å². The summed E-state index contributed by atoms with van der Waals surface area (Å²) in [5.74, 6) is -0.338. The lowest BCUT2D eigenvalue weighted by Crippen LogP contribution is -2.47. The fourth-order valence-electron chi connectivity index (χ4n) is 1.85. The standard InChI is InChI=1S/C12H15ClFN/c1-12(5-2-6-12)15-8-9-3-4-10(13)11(14)7-9/h3-4,7,15H,2,5-6,8H2,1H3. The zero-order valence-electron chi connectivity index (χ0n) is 8.82. The largest absolute Gasteiger partial charge is 0.307 e. The van der Waals surface area contributed by atoms with Gasteiger partial charge in [-0.05, 0) is 43.9 Å². The Hall–Kier alpha value is -0.600. The summed E-state index contributed by atoms with van der Waals surface area (Å²) in [5.41, 5.74) is 1.21. The molecule has 0 aromatic heterocycles. The van der Waals surface area contributed by atoms with Gasteiger partial charge in [0.25, 0.3) is 0 Å². The Labute approximate surface area is 94.6 Å². The van der Waals surface area contributed by atoms with E-state index in [1.54, 1.807) is 6.07 Å². The third-order valence-corrected chi connectivity index (χ3v) is 3.47. The maximum absolute atomic E-state index is 13.1. The van der Waals surface area contributed by atoms with Crippen molar-refractivity contribution in [3.8, 4) is 0 Å². The average Bonchev–Trinajstić information content (AvgIpc) is 2.17. The zero-order chi connectivity index (χ0) is 10.9. The van der Waals surface area contributed by atoms with Crippen LogP contribution in [0.4, 0.5) is 4.39 Å². The van der Waals surface area contributed by atoms with Gasteiger partial charge in [-0.1, -0.05) is 17.7 Å². The highest BCUT2D eigenvalue weighted by Crippen LogP contribution is 2.31. The first-order valence-corrected chi connectivity index (χ1v) is 5.66. The molecule has 0 spiro atoms. The normalized spacial score (nSPS) is 18.6. The van der Waals surface area contributed by atoms with Gasteiger partial charge in [0.1, 0.15) is 5.82 Å².